The molecular weight excluding hydrogens is 380 g/mol. The van der Waals surface area contributed by atoms with Crippen molar-refractivity contribution >= 4 is 40.8 Å². The average molecular weight is 398 g/mol. The Hall–Kier alpha value is -3.12. The summed E-state index contributed by atoms with van der Waals surface area (Å²) >= 11 is 4.83. The number of nitro groups is 1. The number of benzene rings is 1. The van der Waals surface area contributed by atoms with Crippen molar-refractivity contribution in [3.8, 4) is 0 Å². The quantitative estimate of drug-likeness (QED) is 0.183. The van der Waals surface area contributed by atoms with Crippen LogP contribution in [0.2, 0.25) is 0 Å². The molecule has 0 spiro atoms. The molecule has 1 rings (SSSR count). The van der Waals surface area contributed by atoms with Crippen molar-refractivity contribution in [1.29, 1.82) is 0 Å². The van der Waals surface area contributed by atoms with Gasteiger partial charge in [-0.05, 0) is 18.3 Å². The second-order valence-corrected chi connectivity index (χ2v) is 5.39. The van der Waals surface area contributed by atoms with Crippen molar-refractivity contribution in [2.75, 3.05) is 20.3 Å². The van der Waals surface area contributed by atoms with E-state index in [2.05, 4.69) is 16.2 Å². The van der Waals surface area contributed by atoms with Crippen molar-refractivity contribution < 1.29 is 28.8 Å². The van der Waals surface area contributed by atoms with Gasteiger partial charge in [-0.15, -0.1) is 0 Å². The maximum absolute atomic E-state index is 11.9. The third-order valence-corrected chi connectivity index (χ3v) is 3.17. The molecule has 0 bridgehead atoms. The van der Waals surface area contributed by atoms with Crippen LogP contribution in [0.15, 0.2) is 24.3 Å². The van der Waals surface area contributed by atoms with E-state index in [0.29, 0.717) is 0 Å². The van der Waals surface area contributed by atoms with Crippen LogP contribution >= 0.6 is 12.2 Å². The first-order chi connectivity index (χ1) is 12.8. The number of rotatable bonds is 8. The minimum atomic E-state index is -0.683. The van der Waals surface area contributed by atoms with Gasteiger partial charge in [-0.3, -0.25) is 35.3 Å². The number of hydrazine groups is 1. The lowest BCUT2D eigenvalue weighted by Gasteiger charge is -2.10. The number of ether oxygens (including phenoxy) is 2. The molecule has 11 nitrogen and oxygen atoms in total. The van der Waals surface area contributed by atoms with Gasteiger partial charge in [0.25, 0.3) is 11.6 Å². The molecule has 27 heavy (non-hydrogen) atoms. The third kappa shape index (κ3) is 8.69. The number of nitro benzene ring substituents is 1. The number of hydrogen-bond acceptors (Lipinski definition) is 8. The standard InChI is InChI=1S/C15H18N4O7S/c1-25-7-8-26-13(21)6-5-12(20)16-15(27)18-17-14(22)10-3-2-4-11(9-10)19(23)24/h2-4,9H,5-8H2,1H3,(H,17,22)(H2,16,18,20,27). The molecule has 1 aromatic rings. The van der Waals surface area contributed by atoms with Crippen LogP contribution in [-0.2, 0) is 19.1 Å². The summed E-state index contributed by atoms with van der Waals surface area (Å²) in [6.45, 7) is 0.358. The predicted octanol–water partition coefficient (Wildman–Crippen LogP) is 0.200. The Morgan fingerprint density at radius 2 is 1.93 bits per heavy atom. The lowest BCUT2D eigenvalue weighted by molar-refractivity contribution is -0.384. The van der Waals surface area contributed by atoms with E-state index < -0.39 is 22.7 Å². The van der Waals surface area contributed by atoms with Gasteiger partial charge in [-0.2, -0.15) is 0 Å². The first-order valence-corrected chi connectivity index (χ1v) is 8.03. The molecule has 0 heterocycles. The van der Waals surface area contributed by atoms with E-state index in [4.69, 9.17) is 21.7 Å². The summed E-state index contributed by atoms with van der Waals surface area (Å²) in [5.41, 5.74) is 4.28. The highest BCUT2D eigenvalue weighted by molar-refractivity contribution is 7.80. The first kappa shape index (κ1) is 21.9. The molecule has 0 radical (unpaired) electrons. The molecule has 12 heteroatoms. The minimum Gasteiger partial charge on any atom is -0.463 e. The van der Waals surface area contributed by atoms with Gasteiger partial charge in [0, 0.05) is 31.2 Å². The summed E-state index contributed by atoms with van der Waals surface area (Å²) in [5, 5.41) is 12.8. The fourth-order valence-corrected chi connectivity index (χ4v) is 1.86. The number of hydrogen-bond donors (Lipinski definition) is 3. The molecule has 0 aliphatic heterocycles. The molecular formula is C15H18N4O7S. The van der Waals surface area contributed by atoms with E-state index in [9.17, 15) is 24.5 Å². The molecule has 0 unspecified atom stereocenters. The zero-order chi connectivity index (χ0) is 20.2. The molecule has 0 aromatic heterocycles. The number of nitrogens with zero attached hydrogens (tertiary/aromatic N) is 1. The first-order valence-electron chi connectivity index (χ1n) is 7.62. The molecule has 3 N–H and O–H groups in total. The molecule has 0 fully saturated rings. The number of nitrogens with one attached hydrogen (secondary N) is 3. The number of methoxy groups -OCH3 is 1. The van der Waals surface area contributed by atoms with Crippen LogP contribution < -0.4 is 16.2 Å². The molecule has 146 valence electrons. The zero-order valence-electron chi connectivity index (χ0n) is 14.4. The van der Waals surface area contributed by atoms with Crippen molar-refractivity contribution in [2.24, 2.45) is 0 Å². The van der Waals surface area contributed by atoms with Crippen LogP contribution in [0.3, 0.4) is 0 Å². The molecule has 0 saturated heterocycles. The normalized spacial score (nSPS) is 9.81. The van der Waals surface area contributed by atoms with Gasteiger partial charge in [-0.25, -0.2) is 0 Å². The summed E-state index contributed by atoms with van der Waals surface area (Å²) in [5.74, 6) is -1.79. The Kier molecular flexibility index (Phi) is 9.33. The highest BCUT2D eigenvalue weighted by Crippen LogP contribution is 2.12. The van der Waals surface area contributed by atoms with Crippen LogP contribution in [-0.4, -0.2) is 48.1 Å². The second kappa shape index (κ2) is 11.5. The predicted molar refractivity (Wildman–Crippen MR) is 96.5 cm³/mol. The smallest absolute Gasteiger partial charge is 0.306 e. The SMILES string of the molecule is COCCOC(=O)CCC(=O)NC(=S)NNC(=O)c1cccc([N+](=O)[O-])c1. The molecule has 2 amide bonds. The van der Waals surface area contributed by atoms with Gasteiger partial charge in [0.05, 0.1) is 18.0 Å². The van der Waals surface area contributed by atoms with Gasteiger partial charge in [-0.1, -0.05) is 6.07 Å². The molecule has 1 aromatic carbocycles. The number of amides is 2. The van der Waals surface area contributed by atoms with E-state index in [1.165, 1.54) is 25.3 Å². The van der Waals surface area contributed by atoms with Gasteiger partial charge in [0.1, 0.15) is 6.61 Å². The molecule has 0 aliphatic rings. The van der Waals surface area contributed by atoms with Gasteiger partial charge in [0.15, 0.2) is 5.11 Å². The average Bonchev–Trinajstić information content (AvgIpc) is 2.64. The Balaban J connectivity index is 2.34. The minimum absolute atomic E-state index is 0.0321. The number of non-ortho nitro benzene ring substituents is 1. The number of carbonyl (C=O) groups is 3. The fraction of sp³-hybridized carbons (Fsp3) is 0.333. The molecule has 0 saturated carbocycles. The largest absolute Gasteiger partial charge is 0.463 e. The van der Waals surface area contributed by atoms with E-state index in [1.807, 2.05) is 0 Å². The summed E-state index contributed by atoms with van der Waals surface area (Å²) < 4.78 is 9.51. The Morgan fingerprint density at radius 1 is 1.19 bits per heavy atom. The maximum Gasteiger partial charge on any atom is 0.306 e. The third-order valence-electron chi connectivity index (χ3n) is 2.97. The fourth-order valence-electron chi connectivity index (χ4n) is 1.69. The van der Waals surface area contributed by atoms with Crippen molar-refractivity contribution in [3.63, 3.8) is 0 Å². The number of carbonyl (C=O) groups excluding carboxylic acids is 3. The number of esters is 1. The lowest BCUT2D eigenvalue weighted by atomic mass is 10.2. The van der Waals surface area contributed by atoms with Gasteiger partial charge < -0.3 is 14.8 Å². The Morgan fingerprint density at radius 3 is 2.59 bits per heavy atom. The summed E-state index contributed by atoms with van der Waals surface area (Å²) in [6.07, 6.45) is -0.301. The highest BCUT2D eigenvalue weighted by Gasteiger charge is 2.13. The highest BCUT2D eigenvalue weighted by atomic mass is 32.1. The van der Waals surface area contributed by atoms with E-state index in [1.54, 1.807) is 0 Å². The topological polar surface area (TPSA) is 149 Å². The summed E-state index contributed by atoms with van der Waals surface area (Å²) in [4.78, 5) is 45.0. The van der Waals surface area contributed by atoms with E-state index >= 15 is 0 Å². The maximum atomic E-state index is 11.9. The zero-order valence-corrected chi connectivity index (χ0v) is 15.2. The monoisotopic (exact) mass is 398 g/mol. The van der Waals surface area contributed by atoms with Gasteiger partial charge in [0.2, 0.25) is 5.91 Å². The Labute approximate surface area is 159 Å². The van der Waals surface area contributed by atoms with E-state index in [0.717, 1.165) is 6.07 Å². The van der Waals surface area contributed by atoms with Crippen LogP contribution in [0.1, 0.15) is 23.2 Å². The van der Waals surface area contributed by atoms with Gasteiger partial charge >= 0.3 is 5.97 Å². The second-order valence-electron chi connectivity index (χ2n) is 4.98. The Bertz CT molecular complexity index is 726. The number of thiocarbonyl (C=S) groups is 1. The molecule has 0 aliphatic carbocycles. The summed E-state index contributed by atoms with van der Waals surface area (Å²) in [7, 11) is 1.47. The van der Waals surface area contributed by atoms with Crippen LogP contribution in [0.4, 0.5) is 5.69 Å². The van der Waals surface area contributed by atoms with Crippen LogP contribution in [0.5, 0.6) is 0 Å². The van der Waals surface area contributed by atoms with Crippen LogP contribution in [0, 0.1) is 10.1 Å². The molecule has 0 atom stereocenters. The van der Waals surface area contributed by atoms with Crippen LogP contribution in [0.25, 0.3) is 0 Å². The lowest BCUT2D eigenvalue weighted by Crippen LogP contribution is -2.48. The van der Waals surface area contributed by atoms with Crippen molar-refractivity contribution in [1.82, 2.24) is 16.2 Å². The van der Waals surface area contributed by atoms with Crippen molar-refractivity contribution in [2.45, 2.75) is 12.8 Å². The van der Waals surface area contributed by atoms with E-state index in [-0.39, 0.29) is 42.4 Å². The summed E-state index contributed by atoms with van der Waals surface area (Å²) in [6, 6.07) is 5.07. The van der Waals surface area contributed by atoms with Crippen molar-refractivity contribution in [3.05, 3.63) is 39.9 Å².